The van der Waals surface area contributed by atoms with E-state index in [1.807, 2.05) is 19.1 Å². The van der Waals surface area contributed by atoms with Crippen molar-refractivity contribution >= 4 is 42.4 Å². The van der Waals surface area contributed by atoms with Gasteiger partial charge in [0.1, 0.15) is 0 Å². The van der Waals surface area contributed by atoms with Crippen molar-refractivity contribution in [2.75, 3.05) is 50.0 Å². The first-order valence-corrected chi connectivity index (χ1v) is 15.1. The Hall–Kier alpha value is -2.33. The maximum Gasteiger partial charge on any atom is 0.228 e. The number of fused-ring (bicyclic) bond motifs is 1. The number of carbonyl (C=O) groups excluding carboxylic acids is 1. The Balaban J connectivity index is 1.45. The minimum absolute atomic E-state index is 0.0523. The number of thiazole rings is 1. The van der Waals surface area contributed by atoms with Crippen LogP contribution < -0.4 is 4.90 Å². The zero-order chi connectivity index (χ0) is 25.5. The molecule has 0 unspecified atom stereocenters. The van der Waals surface area contributed by atoms with Crippen molar-refractivity contribution in [3.63, 3.8) is 0 Å². The molecule has 1 saturated heterocycles. The fraction of sp³-hybridized carbons (Fsp3) is 0.481. The lowest BCUT2D eigenvalue weighted by Gasteiger charge is -2.27. The normalized spacial score (nSPS) is 14.8. The number of amides is 1. The van der Waals surface area contributed by atoms with Gasteiger partial charge in [-0.3, -0.25) is 14.6 Å². The molecule has 194 valence electrons. The van der Waals surface area contributed by atoms with E-state index in [0.29, 0.717) is 16.6 Å². The fourth-order valence-corrected chi connectivity index (χ4v) is 6.78. The summed E-state index contributed by atoms with van der Waals surface area (Å²) in [6, 6.07) is 13.0. The predicted octanol–water partition coefficient (Wildman–Crippen LogP) is 4.48. The van der Waals surface area contributed by atoms with Gasteiger partial charge in [-0.2, -0.15) is 0 Å². The summed E-state index contributed by atoms with van der Waals surface area (Å²) in [6.07, 6.45) is 2.14. The molecule has 0 atom stereocenters. The second-order valence-corrected chi connectivity index (χ2v) is 12.3. The first-order chi connectivity index (χ1) is 17.4. The maximum atomic E-state index is 13.4. The molecule has 1 amide bonds. The van der Waals surface area contributed by atoms with Crippen LogP contribution in [0.15, 0.2) is 47.4 Å². The van der Waals surface area contributed by atoms with Crippen LogP contribution in [0.5, 0.6) is 0 Å². The van der Waals surface area contributed by atoms with E-state index in [1.54, 1.807) is 29.2 Å². The Labute approximate surface area is 218 Å². The van der Waals surface area contributed by atoms with Gasteiger partial charge in [0, 0.05) is 32.6 Å². The highest BCUT2D eigenvalue weighted by Gasteiger charge is 2.22. The van der Waals surface area contributed by atoms with E-state index in [2.05, 4.69) is 17.9 Å². The van der Waals surface area contributed by atoms with Crippen molar-refractivity contribution in [2.24, 2.45) is 0 Å². The van der Waals surface area contributed by atoms with Gasteiger partial charge in [-0.05, 0) is 49.9 Å². The zero-order valence-corrected chi connectivity index (χ0v) is 22.7. The van der Waals surface area contributed by atoms with E-state index >= 15 is 0 Å². The highest BCUT2D eigenvalue weighted by Crippen LogP contribution is 2.31. The van der Waals surface area contributed by atoms with Crippen LogP contribution in [0.4, 0.5) is 5.13 Å². The largest absolute Gasteiger partial charge is 0.379 e. The van der Waals surface area contributed by atoms with Crippen LogP contribution in [0.1, 0.15) is 37.3 Å². The van der Waals surface area contributed by atoms with Crippen LogP contribution in [0.2, 0.25) is 0 Å². The molecule has 2 aromatic carbocycles. The summed E-state index contributed by atoms with van der Waals surface area (Å²) < 4.78 is 32.0. The summed E-state index contributed by atoms with van der Waals surface area (Å²) in [6.45, 7) is 8.78. The van der Waals surface area contributed by atoms with Crippen LogP contribution in [-0.2, 0) is 25.8 Å². The van der Waals surface area contributed by atoms with Crippen molar-refractivity contribution in [3.05, 3.63) is 53.6 Å². The van der Waals surface area contributed by atoms with Crippen molar-refractivity contribution < 1.29 is 17.9 Å². The lowest BCUT2D eigenvalue weighted by Crippen LogP contribution is -2.39. The van der Waals surface area contributed by atoms with Crippen LogP contribution in [0, 0.1) is 6.92 Å². The quantitative estimate of drug-likeness (QED) is 0.365. The number of nitrogens with zero attached hydrogens (tertiary/aromatic N) is 3. The van der Waals surface area contributed by atoms with Gasteiger partial charge in [0.2, 0.25) is 5.91 Å². The lowest BCUT2D eigenvalue weighted by atomic mass is 10.1. The number of aryl methyl sites for hydroxylation is 2. The first kappa shape index (κ1) is 26.7. The molecule has 7 nitrogen and oxygen atoms in total. The maximum absolute atomic E-state index is 13.4. The monoisotopic (exact) mass is 529 g/mol. The number of sulfone groups is 1. The van der Waals surface area contributed by atoms with E-state index in [1.165, 1.54) is 16.9 Å². The number of benzene rings is 2. The van der Waals surface area contributed by atoms with Gasteiger partial charge >= 0.3 is 0 Å². The number of anilines is 1. The Kier molecular flexibility index (Phi) is 9.11. The minimum atomic E-state index is -3.43. The molecule has 2 heterocycles. The van der Waals surface area contributed by atoms with Gasteiger partial charge < -0.3 is 4.74 Å². The average Bonchev–Trinajstić information content (AvgIpc) is 3.31. The highest BCUT2D eigenvalue weighted by atomic mass is 32.2. The number of hydrogen-bond donors (Lipinski definition) is 0. The number of aromatic nitrogens is 1. The molecule has 36 heavy (non-hydrogen) atoms. The average molecular weight is 530 g/mol. The highest BCUT2D eigenvalue weighted by molar-refractivity contribution is 7.91. The molecule has 1 fully saturated rings. The van der Waals surface area contributed by atoms with Crippen molar-refractivity contribution in [3.8, 4) is 0 Å². The first-order valence-electron chi connectivity index (χ1n) is 12.7. The van der Waals surface area contributed by atoms with Gasteiger partial charge in [-0.1, -0.05) is 48.1 Å². The summed E-state index contributed by atoms with van der Waals surface area (Å²) >= 11 is 1.53. The number of carbonyl (C=O) groups is 1. The molecule has 1 aliphatic heterocycles. The van der Waals surface area contributed by atoms with Gasteiger partial charge in [-0.15, -0.1) is 0 Å². The van der Waals surface area contributed by atoms with E-state index in [4.69, 9.17) is 9.72 Å². The SMILES string of the molecule is CCc1cccc2sc(N(CCCN3CCOCC3)C(=O)CCCS(=O)(=O)c3ccc(C)cc3)nc12. The fourth-order valence-electron chi connectivity index (χ4n) is 4.41. The molecule has 3 aromatic rings. The van der Waals surface area contributed by atoms with E-state index < -0.39 is 9.84 Å². The topological polar surface area (TPSA) is 79.8 Å². The number of morpholine rings is 1. The number of para-hydroxylation sites is 1. The van der Waals surface area contributed by atoms with Crippen LogP contribution in [0.25, 0.3) is 10.2 Å². The molecule has 0 N–H and O–H groups in total. The zero-order valence-electron chi connectivity index (χ0n) is 21.1. The molecular weight excluding hydrogens is 494 g/mol. The Bertz CT molecular complexity index is 1270. The second-order valence-electron chi connectivity index (χ2n) is 9.20. The summed E-state index contributed by atoms with van der Waals surface area (Å²) in [5.41, 5.74) is 3.13. The third-order valence-corrected chi connectivity index (χ3v) is 9.41. The Morgan fingerprint density at radius 1 is 1.11 bits per heavy atom. The minimum Gasteiger partial charge on any atom is -0.379 e. The number of rotatable bonds is 11. The molecule has 4 rings (SSSR count). The Morgan fingerprint density at radius 3 is 2.58 bits per heavy atom. The lowest BCUT2D eigenvalue weighted by molar-refractivity contribution is -0.118. The molecule has 0 radical (unpaired) electrons. The molecule has 1 aromatic heterocycles. The summed E-state index contributed by atoms with van der Waals surface area (Å²) in [5.74, 6) is -0.128. The molecule has 0 aliphatic carbocycles. The Morgan fingerprint density at radius 2 is 1.86 bits per heavy atom. The smallest absolute Gasteiger partial charge is 0.228 e. The van der Waals surface area contributed by atoms with Crippen molar-refractivity contribution in [2.45, 2.75) is 44.4 Å². The molecule has 0 saturated carbocycles. The van der Waals surface area contributed by atoms with Crippen molar-refractivity contribution in [1.29, 1.82) is 0 Å². The second kappa shape index (κ2) is 12.3. The molecule has 1 aliphatic rings. The summed E-state index contributed by atoms with van der Waals surface area (Å²) in [4.78, 5) is 22.7. The summed E-state index contributed by atoms with van der Waals surface area (Å²) in [5, 5.41) is 0.694. The van der Waals surface area contributed by atoms with E-state index in [0.717, 1.165) is 61.5 Å². The number of hydrogen-bond acceptors (Lipinski definition) is 7. The predicted molar refractivity (Wildman–Crippen MR) is 146 cm³/mol. The van der Waals surface area contributed by atoms with Crippen molar-refractivity contribution in [1.82, 2.24) is 9.88 Å². The van der Waals surface area contributed by atoms with E-state index in [9.17, 15) is 13.2 Å². The van der Waals surface area contributed by atoms with Gasteiger partial charge in [0.05, 0.1) is 34.1 Å². The van der Waals surface area contributed by atoms with Gasteiger partial charge in [0.25, 0.3) is 0 Å². The van der Waals surface area contributed by atoms with E-state index in [-0.39, 0.29) is 24.5 Å². The van der Waals surface area contributed by atoms with Crippen LogP contribution in [0.3, 0.4) is 0 Å². The molecule has 0 bridgehead atoms. The van der Waals surface area contributed by atoms with Crippen LogP contribution >= 0.6 is 11.3 Å². The molecular formula is C27H35N3O4S2. The van der Waals surface area contributed by atoms with Gasteiger partial charge in [-0.25, -0.2) is 13.4 Å². The third-order valence-electron chi connectivity index (χ3n) is 6.55. The summed E-state index contributed by atoms with van der Waals surface area (Å²) in [7, 11) is -3.43. The standard InChI is InChI=1S/C27H35N3O4S2/c1-3-22-7-4-8-24-26(22)28-27(35-24)30(15-6-14-29-16-18-34-19-17-29)25(31)9-5-20-36(32,33)23-12-10-21(2)11-13-23/h4,7-8,10-13H,3,5-6,9,14-20H2,1-2H3. The number of ether oxygens (including phenoxy) is 1. The molecule has 0 spiro atoms. The van der Waals surface area contributed by atoms with Crippen LogP contribution in [-0.4, -0.2) is 69.4 Å². The molecule has 9 heteroatoms. The van der Waals surface area contributed by atoms with Gasteiger partial charge in [0.15, 0.2) is 15.0 Å². The third kappa shape index (κ3) is 6.70.